The van der Waals surface area contributed by atoms with Gasteiger partial charge in [0, 0.05) is 18.1 Å². The van der Waals surface area contributed by atoms with Crippen molar-refractivity contribution in [2.75, 3.05) is 4.90 Å². The molecule has 1 aromatic carbocycles. The van der Waals surface area contributed by atoms with Crippen LogP contribution in [-0.2, 0) is 0 Å². The molecule has 92 valence electrons. The van der Waals surface area contributed by atoms with Gasteiger partial charge in [-0.3, -0.25) is 0 Å². The maximum absolute atomic E-state index is 13.1. The second-order valence-electron chi connectivity index (χ2n) is 5.12. The van der Waals surface area contributed by atoms with E-state index in [0.29, 0.717) is 23.1 Å². The predicted molar refractivity (Wildman–Crippen MR) is 67.9 cm³/mol. The van der Waals surface area contributed by atoms with Gasteiger partial charge >= 0.3 is 0 Å². The first-order valence-electron chi connectivity index (χ1n) is 6.14. The van der Waals surface area contributed by atoms with Crippen molar-refractivity contribution in [2.45, 2.75) is 43.8 Å². The molecule has 2 heterocycles. The highest BCUT2D eigenvalue weighted by Gasteiger charge is 2.40. The van der Waals surface area contributed by atoms with Gasteiger partial charge in [-0.05, 0) is 43.9 Å². The Hall–Kier alpha value is -0.800. The van der Waals surface area contributed by atoms with E-state index in [-0.39, 0.29) is 5.82 Å². The van der Waals surface area contributed by atoms with Gasteiger partial charge < -0.3 is 10.6 Å². The van der Waals surface area contributed by atoms with E-state index in [1.54, 1.807) is 6.07 Å². The monoisotopic (exact) mass is 254 g/mol. The Morgan fingerprint density at radius 2 is 1.88 bits per heavy atom. The van der Waals surface area contributed by atoms with E-state index in [0.717, 1.165) is 18.5 Å². The molecule has 2 aliphatic rings. The molecule has 2 unspecified atom stereocenters. The van der Waals surface area contributed by atoms with Crippen molar-refractivity contribution in [3.63, 3.8) is 0 Å². The Bertz CT molecular complexity index is 423. The molecule has 2 N–H and O–H groups in total. The van der Waals surface area contributed by atoms with Gasteiger partial charge in [0.2, 0.25) is 0 Å². The molecular formula is C13H16ClFN2. The summed E-state index contributed by atoms with van der Waals surface area (Å²) in [5, 5.41) is 0.511. The standard InChI is InChI=1S/C13H16ClFN2/c14-12-5-8(15)1-4-13(12)17-10-2-3-11(17)7-9(16)6-10/h1,4-5,9-11H,2-3,6-7,16H2. The summed E-state index contributed by atoms with van der Waals surface area (Å²) < 4.78 is 13.1. The number of hydrogen-bond donors (Lipinski definition) is 1. The SMILES string of the molecule is NC1CC2CCC(C1)N2c1ccc(F)cc1Cl. The number of fused-ring (bicyclic) bond motifs is 2. The first-order valence-corrected chi connectivity index (χ1v) is 6.52. The summed E-state index contributed by atoms with van der Waals surface area (Å²) in [6.45, 7) is 0. The maximum atomic E-state index is 13.1. The third-order valence-corrected chi connectivity index (χ3v) is 4.26. The van der Waals surface area contributed by atoms with E-state index in [9.17, 15) is 4.39 Å². The zero-order valence-corrected chi connectivity index (χ0v) is 10.3. The fourth-order valence-electron chi connectivity index (χ4n) is 3.30. The first kappa shape index (κ1) is 11.3. The van der Waals surface area contributed by atoms with E-state index in [2.05, 4.69) is 4.90 Å². The van der Waals surface area contributed by atoms with E-state index in [4.69, 9.17) is 17.3 Å². The van der Waals surface area contributed by atoms with Crippen molar-refractivity contribution in [3.8, 4) is 0 Å². The summed E-state index contributed by atoms with van der Waals surface area (Å²) in [6.07, 6.45) is 4.38. The highest BCUT2D eigenvalue weighted by Crippen LogP contribution is 2.41. The van der Waals surface area contributed by atoms with Crippen LogP contribution in [-0.4, -0.2) is 18.1 Å². The van der Waals surface area contributed by atoms with Crippen molar-refractivity contribution in [1.29, 1.82) is 0 Å². The summed E-state index contributed by atoms with van der Waals surface area (Å²) in [7, 11) is 0. The number of piperidine rings is 1. The van der Waals surface area contributed by atoms with Crippen LogP contribution in [0.2, 0.25) is 5.02 Å². The molecule has 3 rings (SSSR count). The van der Waals surface area contributed by atoms with Gasteiger partial charge in [-0.2, -0.15) is 0 Å². The molecule has 0 aromatic heterocycles. The quantitative estimate of drug-likeness (QED) is 0.835. The number of benzene rings is 1. The highest BCUT2D eigenvalue weighted by molar-refractivity contribution is 6.33. The molecule has 2 fully saturated rings. The van der Waals surface area contributed by atoms with Crippen LogP contribution in [0, 0.1) is 5.82 Å². The van der Waals surface area contributed by atoms with E-state index < -0.39 is 0 Å². The van der Waals surface area contributed by atoms with Gasteiger partial charge in [0.1, 0.15) is 5.82 Å². The molecule has 1 aromatic rings. The van der Waals surface area contributed by atoms with E-state index in [1.807, 2.05) is 0 Å². The zero-order valence-electron chi connectivity index (χ0n) is 9.57. The lowest BCUT2D eigenvalue weighted by molar-refractivity contribution is 0.414. The normalized spacial score (nSPS) is 31.9. The van der Waals surface area contributed by atoms with E-state index >= 15 is 0 Å². The lowest BCUT2D eigenvalue weighted by Crippen LogP contribution is -2.47. The van der Waals surface area contributed by atoms with Crippen molar-refractivity contribution in [3.05, 3.63) is 29.0 Å². The Labute approximate surface area is 106 Å². The fraction of sp³-hybridized carbons (Fsp3) is 0.538. The van der Waals surface area contributed by atoms with Crippen LogP contribution in [0.5, 0.6) is 0 Å². The Balaban J connectivity index is 1.94. The van der Waals surface area contributed by atoms with Crippen molar-refractivity contribution >= 4 is 17.3 Å². The minimum Gasteiger partial charge on any atom is -0.364 e. The molecular weight excluding hydrogens is 239 g/mol. The predicted octanol–water partition coefficient (Wildman–Crippen LogP) is 2.94. The topological polar surface area (TPSA) is 29.3 Å². The number of hydrogen-bond acceptors (Lipinski definition) is 2. The lowest BCUT2D eigenvalue weighted by atomic mass is 9.97. The van der Waals surface area contributed by atoms with Crippen LogP contribution in [0.25, 0.3) is 0 Å². The largest absolute Gasteiger partial charge is 0.364 e. The third kappa shape index (κ3) is 1.91. The van der Waals surface area contributed by atoms with Crippen LogP contribution in [0.15, 0.2) is 18.2 Å². The molecule has 0 spiro atoms. The number of halogens is 2. The van der Waals surface area contributed by atoms with Gasteiger partial charge in [0.25, 0.3) is 0 Å². The zero-order chi connectivity index (χ0) is 12.0. The number of anilines is 1. The second-order valence-corrected chi connectivity index (χ2v) is 5.53. The van der Waals surface area contributed by atoms with Gasteiger partial charge in [-0.15, -0.1) is 0 Å². The van der Waals surface area contributed by atoms with Crippen LogP contribution < -0.4 is 10.6 Å². The molecule has 4 heteroatoms. The van der Waals surface area contributed by atoms with Crippen molar-refractivity contribution < 1.29 is 4.39 Å². The van der Waals surface area contributed by atoms with Crippen LogP contribution in [0.3, 0.4) is 0 Å². The minimum atomic E-state index is -0.278. The van der Waals surface area contributed by atoms with E-state index in [1.165, 1.54) is 25.0 Å². The third-order valence-electron chi connectivity index (χ3n) is 3.96. The summed E-state index contributed by atoms with van der Waals surface area (Å²) >= 11 is 6.14. The number of nitrogens with zero attached hydrogens (tertiary/aromatic N) is 1. The average molecular weight is 255 g/mol. The molecule has 2 atom stereocenters. The van der Waals surface area contributed by atoms with Crippen LogP contribution >= 0.6 is 11.6 Å². The summed E-state index contributed by atoms with van der Waals surface area (Å²) in [5.74, 6) is -0.278. The Morgan fingerprint density at radius 1 is 1.24 bits per heavy atom. The highest BCUT2D eigenvalue weighted by atomic mass is 35.5. The summed E-state index contributed by atoms with van der Waals surface area (Å²) in [4.78, 5) is 2.35. The first-order chi connectivity index (χ1) is 8.15. The number of nitrogens with two attached hydrogens (primary N) is 1. The average Bonchev–Trinajstić information content (AvgIpc) is 2.53. The number of rotatable bonds is 1. The van der Waals surface area contributed by atoms with Gasteiger partial charge in [-0.1, -0.05) is 11.6 Å². The van der Waals surface area contributed by atoms with Crippen LogP contribution in [0.1, 0.15) is 25.7 Å². The second kappa shape index (κ2) is 4.14. The maximum Gasteiger partial charge on any atom is 0.124 e. The Kier molecular flexibility index (Phi) is 2.75. The van der Waals surface area contributed by atoms with Gasteiger partial charge in [0.15, 0.2) is 0 Å². The Morgan fingerprint density at radius 3 is 2.47 bits per heavy atom. The van der Waals surface area contributed by atoms with Crippen LogP contribution in [0.4, 0.5) is 10.1 Å². The molecule has 0 radical (unpaired) electrons. The summed E-state index contributed by atoms with van der Waals surface area (Å²) in [5.41, 5.74) is 7.00. The van der Waals surface area contributed by atoms with Crippen molar-refractivity contribution in [2.24, 2.45) is 5.73 Å². The van der Waals surface area contributed by atoms with Gasteiger partial charge in [0.05, 0.1) is 10.7 Å². The molecule has 2 saturated heterocycles. The summed E-state index contributed by atoms with van der Waals surface area (Å²) in [6, 6.07) is 5.93. The molecule has 2 nitrogen and oxygen atoms in total. The molecule has 17 heavy (non-hydrogen) atoms. The molecule has 0 amide bonds. The fourth-order valence-corrected chi connectivity index (χ4v) is 3.57. The molecule has 0 saturated carbocycles. The molecule has 0 aliphatic carbocycles. The lowest BCUT2D eigenvalue weighted by Gasteiger charge is -2.39. The molecule has 2 bridgehead atoms. The minimum absolute atomic E-state index is 0.278. The van der Waals surface area contributed by atoms with Crippen molar-refractivity contribution in [1.82, 2.24) is 0 Å². The van der Waals surface area contributed by atoms with Gasteiger partial charge in [-0.25, -0.2) is 4.39 Å². The smallest absolute Gasteiger partial charge is 0.124 e. The molecule has 2 aliphatic heterocycles.